The largest absolute Gasteiger partial charge is 0.464 e. The molecule has 0 bridgehead atoms. The van der Waals surface area contributed by atoms with Gasteiger partial charge >= 0.3 is 5.91 Å². The number of fused-ring (bicyclic) bond motifs is 1. The maximum absolute atomic E-state index is 12.9. The lowest BCUT2D eigenvalue weighted by molar-refractivity contribution is 0.0919. The van der Waals surface area contributed by atoms with Crippen molar-refractivity contribution in [3.63, 3.8) is 0 Å². The number of carbonyl (C=O) groups excluding carboxylic acids is 1. The van der Waals surface area contributed by atoms with Gasteiger partial charge in [0.1, 0.15) is 5.76 Å². The minimum absolute atomic E-state index is 0.0867. The summed E-state index contributed by atoms with van der Waals surface area (Å²) in [6, 6.07) is 22.7. The second-order valence-corrected chi connectivity index (χ2v) is 8.23. The number of hydrogen-bond donors (Lipinski definition) is 4. The lowest BCUT2D eigenvalue weighted by Gasteiger charge is -2.10. The number of rotatable bonds is 4. The van der Waals surface area contributed by atoms with E-state index < -0.39 is 5.91 Å². The lowest BCUT2D eigenvalue weighted by Crippen LogP contribution is -2.43. The van der Waals surface area contributed by atoms with E-state index in [2.05, 4.69) is 21.2 Å². The molecule has 0 aliphatic rings. The smallest absolute Gasteiger partial charge is 0.307 e. The molecule has 3 heterocycles. The number of nitrogens with one attached hydrogen (secondary N) is 3. The molecule has 174 valence electrons. The van der Waals surface area contributed by atoms with Crippen molar-refractivity contribution in [2.75, 3.05) is 11.1 Å². The van der Waals surface area contributed by atoms with Crippen molar-refractivity contribution >= 4 is 45.7 Å². The fourth-order valence-electron chi connectivity index (χ4n) is 3.64. The molecule has 5 N–H and O–H groups in total. The first-order valence-corrected chi connectivity index (χ1v) is 11.2. The number of anilines is 2. The van der Waals surface area contributed by atoms with Crippen molar-refractivity contribution in [1.82, 2.24) is 15.8 Å². The number of aryl methyl sites for hydroxylation is 1. The summed E-state index contributed by atoms with van der Waals surface area (Å²) in [5.74, 6) is -0.104. The zero-order valence-corrected chi connectivity index (χ0v) is 19.5. The molecule has 8 nitrogen and oxygen atoms in total. The number of hydrazine groups is 1. The fraction of sp³-hybridized carbons (Fsp3) is 0.0385. The van der Waals surface area contributed by atoms with Crippen molar-refractivity contribution in [3.8, 4) is 22.6 Å². The highest BCUT2D eigenvalue weighted by atomic mass is 32.1. The van der Waals surface area contributed by atoms with Crippen LogP contribution in [-0.2, 0) is 0 Å². The van der Waals surface area contributed by atoms with Gasteiger partial charge in [-0.25, -0.2) is 4.98 Å². The van der Waals surface area contributed by atoms with Crippen LogP contribution in [0, 0.1) is 6.92 Å². The summed E-state index contributed by atoms with van der Waals surface area (Å²) in [4.78, 5) is 17.5. The van der Waals surface area contributed by atoms with Crippen LogP contribution in [0.4, 0.5) is 11.4 Å². The van der Waals surface area contributed by atoms with Gasteiger partial charge in [0.05, 0.1) is 23.0 Å². The van der Waals surface area contributed by atoms with E-state index in [-0.39, 0.29) is 22.3 Å². The number of amides is 1. The molecule has 0 unspecified atom stereocenters. The van der Waals surface area contributed by atoms with E-state index in [1.165, 1.54) is 0 Å². The van der Waals surface area contributed by atoms with Gasteiger partial charge in [0.25, 0.3) is 0 Å². The highest BCUT2D eigenvalue weighted by molar-refractivity contribution is 7.80. The molecule has 35 heavy (non-hydrogen) atoms. The molecule has 0 saturated carbocycles. The number of nitrogen functional groups attached to an aromatic ring is 1. The lowest BCUT2D eigenvalue weighted by atomic mass is 10.0. The molecular formula is C26H21N5O3S. The molecule has 1 amide bonds. The summed E-state index contributed by atoms with van der Waals surface area (Å²) in [6.45, 7) is 2.02. The number of nitrogens with zero attached hydrogens (tertiary/aromatic N) is 1. The van der Waals surface area contributed by atoms with Crippen LogP contribution in [0.5, 0.6) is 0 Å². The second kappa shape index (κ2) is 9.32. The summed E-state index contributed by atoms with van der Waals surface area (Å²) in [6.07, 6.45) is 1.57. The van der Waals surface area contributed by atoms with E-state index in [1.54, 1.807) is 12.3 Å². The first-order valence-electron chi connectivity index (χ1n) is 10.8. The number of aromatic nitrogens is 1. The number of hydrogen-bond acceptors (Lipinski definition) is 6. The van der Waals surface area contributed by atoms with Crippen LogP contribution in [-0.4, -0.2) is 16.0 Å². The van der Waals surface area contributed by atoms with Crippen molar-refractivity contribution < 1.29 is 13.6 Å². The highest BCUT2D eigenvalue weighted by Gasteiger charge is 2.24. The quantitative estimate of drug-likeness (QED) is 0.201. The molecular weight excluding hydrogens is 462 g/mol. The van der Waals surface area contributed by atoms with Crippen molar-refractivity contribution in [2.45, 2.75) is 6.92 Å². The van der Waals surface area contributed by atoms with Gasteiger partial charge in [0.2, 0.25) is 11.5 Å². The van der Waals surface area contributed by atoms with E-state index in [0.29, 0.717) is 22.4 Å². The Morgan fingerprint density at radius 1 is 1.00 bits per heavy atom. The number of benzene rings is 2. The molecule has 5 rings (SSSR count). The van der Waals surface area contributed by atoms with Crippen molar-refractivity contribution in [3.05, 3.63) is 90.4 Å². The van der Waals surface area contributed by atoms with Crippen LogP contribution >= 0.6 is 12.2 Å². The normalized spacial score (nSPS) is 10.8. The van der Waals surface area contributed by atoms with Gasteiger partial charge in [-0.1, -0.05) is 48.0 Å². The Morgan fingerprint density at radius 3 is 2.49 bits per heavy atom. The minimum Gasteiger partial charge on any atom is -0.464 e. The summed E-state index contributed by atoms with van der Waals surface area (Å²) in [5.41, 5.74) is 16.0. The average molecular weight is 484 g/mol. The molecule has 0 atom stereocenters. The Balaban J connectivity index is 1.47. The van der Waals surface area contributed by atoms with Crippen molar-refractivity contribution in [1.29, 1.82) is 0 Å². The molecule has 0 radical (unpaired) electrons. The molecule has 0 aliphatic heterocycles. The Bertz CT molecular complexity index is 1510. The topological polar surface area (TPSA) is 118 Å². The summed E-state index contributed by atoms with van der Waals surface area (Å²) < 4.78 is 11.5. The third kappa shape index (κ3) is 4.57. The minimum atomic E-state index is -0.597. The molecule has 2 aromatic carbocycles. The fourth-order valence-corrected chi connectivity index (χ4v) is 3.81. The molecule has 0 spiro atoms. The monoisotopic (exact) mass is 483 g/mol. The molecule has 5 aromatic rings. The summed E-state index contributed by atoms with van der Waals surface area (Å²) in [7, 11) is 0. The average Bonchev–Trinajstić information content (AvgIpc) is 3.52. The Kier molecular flexibility index (Phi) is 5.90. The van der Waals surface area contributed by atoms with Crippen LogP contribution in [0.25, 0.3) is 33.7 Å². The summed E-state index contributed by atoms with van der Waals surface area (Å²) in [5, 5.41) is 3.66. The predicted molar refractivity (Wildman–Crippen MR) is 140 cm³/mol. The van der Waals surface area contributed by atoms with Gasteiger partial charge < -0.3 is 19.9 Å². The number of nitrogens with two attached hydrogens (primary N) is 1. The van der Waals surface area contributed by atoms with Gasteiger partial charge in [0, 0.05) is 16.8 Å². The zero-order valence-electron chi connectivity index (χ0n) is 18.7. The van der Waals surface area contributed by atoms with Gasteiger partial charge in [-0.2, -0.15) is 0 Å². The van der Waals surface area contributed by atoms with Crippen LogP contribution in [0.2, 0.25) is 0 Å². The first kappa shape index (κ1) is 22.2. The number of thiocarbonyl (C=S) groups is 1. The van der Waals surface area contributed by atoms with Crippen molar-refractivity contribution in [2.24, 2.45) is 0 Å². The van der Waals surface area contributed by atoms with Gasteiger partial charge in [-0.05, 0) is 49.5 Å². The standard InChI is InChI=1S/C26H21N5O3S/c1-15-9-11-16(12-10-15)19-14-18(20-8-5-13-33-20)21-22(27)23(34-25(21)29-19)24(32)30-31-26(35)28-17-6-3-2-4-7-17/h2-14H,27H2,1H3,(H,30,32)(H2,28,31,35). The van der Waals surface area contributed by atoms with Crippen LogP contribution in [0.15, 0.2) is 87.9 Å². The van der Waals surface area contributed by atoms with Gasteiger partial charge in [-0.15, -0.1) is 0 Å². The van der Waals surface area contributed by atoms with E-state index in [9.17, 15) is 4.79 Å². The number of pyridine rings is 1. The molecule has 0 aliphatic carbocycles. The molecule has 9 heteroatoms. The molecule has 0 fully saturated rings. The first-order chi connectivity index (χ1) is 17.0. The third-order valence-electron chi connectivity index (χ3n) is 5.36. The van der Waals surface area contributed by atoms with E-state index in [4.69, 9.17) is 26.8 Å². The Hall–Kier alpha value is -4.63. The number of carbonyl (C=O) groups is 1. The van der Waals surface area contributed by atoms with E-state index in [1.807, 2.05) is 73.7 Å². The van der Waals surface area contributed by atoms with Gasteiger partial charge in [0.15, 0.2) is 5.11 Å². The highest BCUT2D eigenvalue weighted by Crippen LogP contribution is 2.38. The molecule has 3 aromatic heterocycles. The van der Waals surface area contributed by atoms with Crippen LogP contribution in [0.1, 0.15) is 16.1 Å². The number of para-hydroxylation sites is 1. The van der Waals surface area contributed by atoms with E-state index in [0.717, 1.165) is 16.8 Å². The second-order valence-electron chi connectivity index (χ2n) is 7.82. The Morgan fingerprint density at radius 2 is 1.77 bits per heavy atom. The maximum Gasteiger partial charge on any atom is 0.307 e. The molecule has 0 saturated heterocycles. The third-order valence-corrected chi connectivity index (χ3v) is 5.56. The van der Waals surface area contributed by atoms with E-state index >= 15 is 0 Å². The van der Waals surface area contributed by atoms with Crippen LogP contribution in [0.3, 0.4) is 0 Å². The zero-order chi connectivity index (χ0) is 24.4. The van der Waals surface area contributed by atoms with Crippen LogP contribution < -0.4 is 21.9 Å². The van der Waals surface area contributed by atoms with Gasteiger partial charge in [-0.3, -0.25) is 15.6 Å². The SMILES string of the molecule is Cc1ccc(-c2cc(-c3ccco3)c3c(N)c(C(=O)NNC(=S)Nc4ccccc4)oc3n2)cc1. The summed E-state index contributed by atoms with van der Waals surface area (Å²) >= 11 is 5.23. The predicted octanol–water partition coefficient (Wildman–Crippen LogP) is 5.28. The maximum atomic E-state index is 12.9. The Labute approximate surface area is 206 Å². The number of furan rings is 2.